The van der Waals surface area contributed by atoms with Gasteiger partial charge in [-0.1, -0.05) is 18.2 Å². The fourth-order valence-corrected chi connectivity index (χ4v) is 3.36. The summed E-state index contributed by atoms with van der Waals surface area (Å²) in [6.45, 7) is -0.460. The van der Waals surface area contributed by atoms with Gasteiger partial charge in [0.05, 0.1) is 6.61 Å². The molecular formula is C22H14F7NO2. The van der Waals surface area contributed by atoms with Gasteiger partial charge in [0.1, 0.15) is 23.1 Å². The standard InChI is InChI=1S/C22H14F7NO2/c23-15-4-7-17(18(24)10-15)20(12-31-20)21(25,26)19-8-3-14(11-30-19)9-13-1-5-16(6-2-13)32-22(27,28)29/h1-8,10-11H,9,12H2. The van der Waals surface area contributed by atoms with Gasteiger partial charge in [-0.25, -0.2) is 8.78 Å². The molecule has 0 spiro atoms. The zero-order valence-corrected chi connectivity index (χ0v) is 16.1. The highest BCUT2D eigenvalue weighted by Crippen LogP contribution is 2.56. The number of alkyl halides is 5. The summed E-state index contributed by atoms with van der Waals surface area (Å²) in [7, 11) is 0. The summed E-state index contributed by atoms with van der Waals surface area (Å²) in [5.74, 6) is -6.11. The van der Waals surface area contributed by atoms with Gasteiger partial charge in [-0.2, -0.15) is 8.78 Å². The quantitative estimate of drug-likeness (QED) is 0.343. The van der Waals surface area contributed by atoms with Crippen LogP contribution in [0.15, 0.2) is 60.8 Å². The summed E-state index contributed by atoms with van der Waals surface area (Å²) in [5, 5.41) is 0. The Kier molecular flexibility index (Phi) is 5.36. The van der Waals surface area contributed by atoms with Crippen LogP contribution in [0.25, 0.3) is 0 Å². The van der Waals surface area contributed by atoms with Crippen molar-refractivity contribution in [1.29, 1.82) is 0 Å². The van der Waals surface area contributed by atoms with E-state index >= 15 is 8.78 Å². The van der Waals surface area contributed by atoms with Crippen LogP contribution in [-0.2, 0) is 22.7 Å². The van der Waals surface area contributed by atoms with Gasteiger partial charge in [-0.3, -0.25) is 4.98 Å². The SMILES string of the molecule is Fc1ccc(C2(C(F)(F)c3ccc(Cc4ccc(OC(F)(F)F)cc4)cn3)CO2)c(F)c1. The Morgan fingerprint density at radius 1 is 0.906 bits per heavy atom. The van der Waals surface area contributed by atoms with Gasteiger partial charge in [0.25, 0.3) is 0 Å². The number of rotatable bonds is 6. The summed E-state index contributed by atoms with van der Waals surface area (Å²) in [6, 6.07) is 9.87. The number of epoxide rings is 1. The van der Waals surface area contributed by atoms with Crippen LogP contribution in [0.2, 0.25) is 0 Å². The van der Waals surface area contributed by atoms with Gasteiger partial charge in [0.2, 0.25) is 0 Å². The van der Waals surface area contributed by atoms with Crippen molar-refractivity contribution in [3.8, 4) is 5.75 Å². The third-order valence-corrected chi connectivity index (χ3v) is 5.02. The first-order valence-electron chi connectivity index (χ1n) is 9.28. The first-order chi connectivity index (χ1) is 15.0. The van der Waals surface area contributed by atoms with E-state index in [9.17, 15) is 22.0 Å². The van der Waals surface area contributed by atoms with Gasteiger partial charge in [-0.15, -0.1) is 13.2 Å². The predicted octanol–water partition coefficient (Wildman–Crippen LogP) is 5.87. The van der Waals surface area contributed by atoms with Gasteiger partial charge >= 0.3 is 12.3 Å². The van der Waals surface area contributed by atoms with E-state index in [0.29, 0.717) is 17.2 Å². The van der Waals surface area contributed by atoms with Crippen molar-refractivity contribution in [2.75, 3.05) is 6.61 Å². The zero-order valence-electron chi connectivity index (χ0n) is 16.1. The lowest BCUT2D eigenvalue weighted by molar-refractivity contribution is -0.274. The van der Waals surface area contributed by atoms with Crippen LogP contribution >= 0.6 is 0 Å². The Labute approximate surface area is 177 Å². The van der Waals surface area contributed by atoms with Crippen molar-refractivity contribution in [3.05, 3.63) is 94.8 Å². The van der Waals surface area contributed by atoms with Crippen LogP contribution in [0.1, 0.15) is 22.4 Å². The Morgan fingerprint density at radius 3 is 2.09 bits per heavy atom. The molecule has 3 nitrogen and oxygen atoms in total. The zero-order chi connectivity index (χ0) is 23.1. The minimum Gasteiger partial charge on any atom is -0.406 e. The van der Waals surface area contributed by atoms with Crippen molar-refractivity contribution in [3.63, 3.8) is 0 Å². The maximum Gasteiger partial charge on any atom is 0.573 e. The van der Waals surface area contributed by atoms with E-state index in [1.807, 2.05) is 0 Å². The molecule has 1 aliphatic heterocycles. The van der Waals surface area contributed by atoms with Crippen molar-refractivity contribution in [2.45, 2.75) is 24.3 Å². The van der Waals surface area contributed by atoms with E-state index in [1.54, 1.807) is 0 Å². The normalized spacial score (nSPS) is 18.5. The topological polar surface area (TPSA) is 34.6 Å². The molecule has 1 aromatic heterocycles. The van der Waals surface area contributed by atoms with Gasteiger partial charge in [0.15, 0.2) is 5.60 Å². The number of aromatic nitrogens is 1. The lowest BCUT2D eigenvalue weighted by Gasteiger charge is -2.24. The first kappa shape index (κ1) is 22.1. The number of benzene rings is 2. The molecule has 0 amide bonds. The number of ether oxygens (including phenoxy) is 2. The van der Waals surface area contributed by atoms with Crippen LogP contribution in [-0.4, -0.2) is 18.0 Å². The first-order valence-corrected chi connectivity index (χ1v) is 9.28. The highest BCUT2D eigenvalue weighted by molar-refractivity contribution is 5.36. The third-order valence-electron chi connectivity index (χ3n) is 5.02. The molecular weight excluding hydrogens is 443 g/mol. The molecule has 3 aromatic rings. The van der Waals surface area contributed by atoms with Gasteiger partial charge in [-0.05, 0) is 47.9 Å². The van der Waals surface area contributed by atoms with E-state index in [1.165, 1.54) is 24.4 Å². The highest BCUT2D eigenvalue weighted by atomic mass is 19.4. The van der Waals surface area contributed by atoms with E-state index in [-0.39, 0.29) is 12.2 Å². The molecule has 2 aromatic carbocycles. The second-order valence-electron chi connectivity index (χ2n) is 7.23. The number of nitrogens with zero attached hydrogens (tertiary/aromatic N) is 1. The Hall–Kier alpha value is -3.14. The fourth-order valence-electron chi connectivity index (χ4n) is 3.36. The van der Waals surface area contributed by atoms with Gasteiger partial charge in [0, 0.05) is 17.8 Å². The lowest BCUT2D eigenvalue weighted by atomic mass is 9.90. The molecule has 168 valence electrons. The Balaban J connectivity index is 1.51. The summed E-state index contributed by atoms with van der Waals surface area (Å²) in [4.78, 5) is 3.79. The predicted molar refractivity (Wildman–Crippen MR) is 98.1 cm³/mol. The molecule has 1 unspecified atom stereocenters. The van der Waals surface area contributed by atoms with Crippen molar-refractivity contribution < 1.29 is 40.2 Å². The number of pyridine rings is 1. The molecule has 1 saturated heterocycles. The van der Waals surface area contributed by atoms with Crippen LogP contribution in [0.3, 0.4) is 0 Å². The molecule has 32 heavy (non-hydrogen) atoms. The molecule has 0 saturated carbocycles. The molecule has 0 aliphatic carbocycles. The smallest absolute Gasteiger partial charge is 0.406 e. The van der Waals surface area contributed by atoms with Crippen LogP contribution < -0.4 is 4.74 Å². The van der Waals surface area contributed by atoms with Crippen LogP contribution in [0.4, 0.5) is 30.7 Å². The molecule has 2 heterocycles. The Bertz CT molecular complexity index is 1110. The maximum atomic E-state index is 15.1. The Morgan fingerprint density at radius 2 is 1.56 bits per heavy atom. The summed E-state index contributed by atoms with van der Waals surface area (Å²) in [5.41, 5.74) is -2.26. The van der Waals surface area contributed by atoms with Crippen LogP contribution in [0, 0.1) is 11.6 Å². The number of hydrogen-bond donors (Lipinski definition) is 0. The van der Waals surface area contributed by atoms with Crippen molar-refractivity contribution >= 4 is 0 Å². The summed E-state index contributed by atoms with van der Waals surface area (Å²) >= 11 is 0. The molecule has 1 atom stereocenters. The molecule has 0 radical (unpaired) electrons. The van der Waals surface area contributed by atoms with E-state index in [4.69, 9.17) is 4.74 Å². The average molecular weight is 457 g/mol. The minimum absolute atomic E-state index is 0.222. The van der Waals surface area contributed by atoms with Gasteiger partial charge < -0.3 is 9.47 Å². The lowest BCUT2D eigenvalue weighted by Crippen LogP contribution is -2.34. The second-order valence-corrected chi connectivity index (χ2v) is 7.23. The van der Waals surface area contributed by atoms with E-state index in [0.717, 1.165) is 30.3 Å². The molecule has 1 aliphatic rings. The van der Waals surface area contributed by atoms with Crippen molar-refractivity contribution in [1.82, 2.24) is 4.98 Å². The van der Waals surface area contributed by atoms with Crippen molar-refractivity contribution in [2.24, 2.45) is 0 Å². The third kappa shape index (κ3) is 4.27. The highest BCUT2D eigenvalue weighted by Gasteiger charge is 2.68. The monoisotopic (exact) mass is 457 g/mol. The molecule has 0 bridgehead atoms. The molecule has 0 N–H and O–H groups in total. The fraction of sp³-hybridized carbons (Fsp3) is 0.227. The maximum absolute atomic E-state index is 15.1. The number of halogens is 7. The summed E-state index contributed by atoms with van der Waals surface area (Å²) < 4.78 is 103. The molecule has 10 heteroatoms. The number of hydrogen-bond acceptors (Lipinski definition) is 3. The second kappa shape index (κ2) is 7.77. The molecule has 4 rings (SSSR count). The molecule has 1 fully saturated rings. The van der Waals surface area contributed by atoms with Crippen LogP contribution in [0.5, 0.6) is 5.75 Å². The average Bonchev–Trinajstić information content (AvgIpc) is 3.51. The largest absolute Gasteiger partial charge is 0.573 e. The van der Waals surface area contributed by atoms with E-state index < -0.39 is 47.4 Å². The minimum atomic E-state index is -4.80. The van der Waals surface area contributed by atoms with E-state index in [2.05, 4.69) is 9.72 Å². The summed E-state index contributed by atoms with van der Waals surface area (Å²) in [6.07, 6.45) is -3.38.